The van der Waals surface area contributed by atoms with E-state index in [1.54, 1.807) is 0 Å². The van der Waals surface area contributed by atoms with Gasteiger partial charge in [-0.15, -0.1) is 0 Å². The first-order valence-corrected chi connectivity index (χ1v) is 4.59. The summed E-state index contributed by atoms with van der Waals surface area (Å²) >= 11 is 2.88. The summed E-state index contributed by atoms with van der Waals surface area (Å²) in [4.78, 5) is 0. The molecule has 0 aliphatic heterocycles. The molecule has 0 aliphatic rings. The van der Waals surface area contributed by atoms with Gasteiger partial charge in [0.1, 0.15) is 11.6 Å². The van der Waals surface area contributed by atoms with Gasteiger partial charge in [-0.05, 0) is 28.1 Å². The number of methoxy groups -OCH3 is 2. The number of ether oxygens (including phenoxy) is 2. The maximum atomic E-state index is 13.3. The number of benzene rings is 1. The highest BCUT2D eigenvalue weighted by molar-refractivity contribution is 9.10. The molecule has 1 aromatic carbocycles. The van der Waals surface area contributed by atoms with Crippen molar-refractivity contribution in [1.29, 1.82) is 0 Å². The second-order valence-corrected chi connectivity index (χ2v) is 3.45. The van der Waals surface area contributed by atoms with Crippen LogP contribution in [-0.2, 0) is 9.47 Å². The van der Waals surface area contributed by atoms with E-state index in [-0.39, 0.29) is 10.0 Å². The molecule has 14 heavy (non-hydrogen) atoms. The molecule has 0 aliphatic carbocycles. The maximum absolute atomic E-state index is 13.3. The molecular weight excluding hydrogens is 258 g/mol. The van der Waals surface area contributed by atoms with Crippen molar-refractivity contribution < 1.29 is 18.3 Å². The van der Waals surface area contributed by atoms with Crippen molar-refractivity contribution in [3.63, 3.8) is 0 Å². The van der Waals surface area contributed by atoms with E-state index in [0.29, 0.717) is 0 Å². The molecule has 0 spiro atoms. The summed E-state index contributed by atoms with van der Waals surface area (Å²) in [5.74, 6) is -1.13. The smallest absolute Gasteiger partial charge is 0.186 e. The van der Waals surface area contributed by atoms with Crippen LogP contribution in [0.2, 0.25) is 0 Å². The minimum atomic E-state index is -0.891. The van der Waals surface area contributed by atoms with E-state index in [0.717, 1.165) is 12.1 Å². The van der Waals surface area contributed by atoms with Gasteiger partial charge in [0.25, 0.3) is 0 Å². The van der Waals surface area contributed by atoms with Crippen molar-refractivity contribution >= 4 is 15.9 Å². The lowest BCUT2D eigenvalue weighted by atomic mass is 10.2. The Hall–Kier alpha value is -0.520. The summed E-state index contributed by atoms with van der Waals surface area (Å²) in [7, 11) is 2.71. The van der Waals surface area contributed by atoms with Crippen molar-refractivity contribution in [3.8, 4) is 0 Å². The Balaban J connectivity index is 3.14. The van der Waals surface area contributed by atoms with E-state index in [2.05, 4.69) is 15.9 Å². The molecule has 0 atom stereocenters. The Morgan fingerprint density at radius 3 is 2.21 bits per heavy atom. The third-order valence-corrected chi connectivity index (χ3v) is 2.33. The predicted molar refractivity (Wildman–Crippen MR) is 50.8 cm³/mol. The first kappa shape index (κ1) is 11.6. The topological polar surface area (TPSA) is 18.5 Å². The quantitative estimate of drug-likeness (QED) is 0.619. The van der Waals surface area contributed by atoms with Crippen LogP contribution in [0.4, 0.5) is 8.78 Å². The molecule has 0 aromatic heterocycles. The highest BCUT2D eigenvalue weighted by atomic mass is 79.9. The summed E-state index contributed by atoms with van der Waals surface area (Å²) < 4.78 is 36.1. The van der Waals surface area contributed by atoms with Gasteiger partial charge >= 0.3 is 0 Å². The minimum Gasteiger partial charge on any atom is -0.352 e. The summed E-state index contributed by atoms with van der Waals surface area (Å²) in [6, 6.07) is 2.08. The lowest BCUT2D eigenvalue weighted by Crippen LogP contribution is -2.06. The zero-order valence-corrected chi connectivity index (χ0v) is 9.27. The van der Waals surface area contributed by atoms with Crippen molar-refractivity contribution in [3.05, 3.63) is 33.8 Å². The first-order chi connectivity index (χ1) is 6.60. The number of hydrogen-bond acceptors (Lipinski definition) is 2. The lowest BCUT2D eigenvalue weighted by Gasteiger charge is -2.14. The third-order valence-electron chi connectivity index (χ3n) is 1.72. The molecule has 0 saturated heterocycles. The zero-order valence-electron chi connectivity index (χ0n) is 7.68. The maximum Gasteiger partial charge on any atom is 0.186 e. The average Bonchev–Trinajstić information content (AvgIpc) is 2.15. The van der Waals surface area contributed by atoms with Gasteiger partial charge in [-0.2, -0.15) is 0 Å². The van der Waals surface area contributed by atoms with Gasteiger partial charge in [0, 0.05) is 19.8 Å². The van der Waals surface area contributed by atoms with Crippen molar-refractivity contribution in [2.45, 2.75) is 6.29 Å². The molecule has 0 N–H and O–H groups in total. The number of halogens is 3. The molecule has 0 radical (unpaired) electrons. The highest BCUT2D eigenvalue weighted by Gasteiger charge is 2.16. The zero-order chi connectivity index (χ0) is 10.7. The van der Waals surface area contributed by atoms with E-state index in [9.17, 15) is 8.78 Å². The Bertz CT molecular complexity index is 327. The Morgan fingerprint density at radius 2 is 1.71 bits per heavy atom. The minimum absolute atomic E-state index is 0.0377. The van der Waals surface area contributed by atoms with E-state index >= 15 is 0 Å². The van der Waals surface area contributed by atoms with Gasteiger partial charge in [0.15, 0.2) is 6.29 Å². The molecule has 0 fully saturated rings. The van der Waals surface area contributed by atoms with Gasteiger partial charge in [-0.1, -0.05) is 0 Å². The third kappa shape index (κ3) is 2.29. The molecule has 1 rings (SSSR count). The standard InChI is InChI=1S/C9H9BrF2O2/c1-13-9(14-2)5-3-8(12)6(10)4-7(5)11/h3-4,9H,1-2H3. The van der Waals surface area contributed by atoms with Gasteiger partial charge in [-0.3, -0.25) is 0 Å². The fourth-order valence-electron chi connectivity index (χ4n) is 1.07. The Labute approximate surface area is 89.0 Å². The molecular formula is C9H9BrF2O2. The molecule has 0 heterocycles. The molecule has 2 nitrogen and oxygen atoms in total. The summed E-state index contributed by atoms with van der Waals surface area (Å²) in [6.07, 6.45) is -0.891. The van der Waals surface area contributed by atoms with Crippen LogP contribution in [0.3, 0.4) is 0 Å². The van der Waals surface area contributed by atoms with Gasteiger partial charge < -0.3 is 9.47 Å². The fourth-order valence-corrected chi connectivity index (χ4v) is 1.38. The normalized spacial score (nSPS) is 11.0. The van der Waals surface area contributed by atoms with Crippen LogP contribution in [0.25, 0.3) is 0 Å². The van der Waals surface area contributed by atoms with Crippen LogP contribution in [0, 0.1) is 11.6 Å². The monoisotopic (exact) mass is 266 g/mol. The first-order valence-electron chi connectivity index (χ1n) is 3.80. The average molecular weight is 267 g/mol. The van der Waals surface area contributed by atoms with Gasteiger partial charge in [-0.25, -0.2) is 8.78 Å². The SMILES string of the molecule is COC(OC)c1cc(F)c(Br)cc1F. The molecule has 0 unspecified atom stereocenters. The molecule has 5 heteroatoms. The van der Waals surface area contributed by atoms with Crippen LogP contribution in [0.5, 0.6) is 0 Å². The number of hydrogen-bond donors (Lipinski definition) is 0. The Kier molecular flexibility index (Phi) is 3.97. The largest absolute Gasteiger partial charge is 0.352 e. The number of rotatable bonds is 3. The summed E-state index contributed by atoms with van der Waals surface area (Å²) in [5.41, 5.74) is 0.0377. The van der Waals surface area contributed by atoms with Crippen LogP contribution >= 0.6 is 15.9 Å². The predicted octanol–water partition coefficient (Wildman–Crippen LogP) is 3.02. The van der Waals surface area contributed by atoms with E-state index in [4.69, 9.17) is 9.47 Å². The molecule has 0 saturated carbocycles. The van der Waals surface area contributed by atoms with Crippen molar-refractivity contribution in [1.82, 2.24) is 0 Å². The van der Waals surface area contributed by atoms with Gasteiger partial charge in [0.05, 0.1) is 4.47 Å². The van der Waals surface area contributed by atoms with Crippen molar-refractivity contribution in [2.24, 2.45) is 0 Å². The van der Waals surface area contributed by atoms with Crippen molar-refractivity contribution in [2.75, 3.05) is 14.2 Å². The fraction of sp³-hybridized carbons (Fsp3) is 0.333. The molecule has 0 amide bonds. The Morgan fingerprint density at radius 1 is 1.14 bits per heavy atom. The van der Waals surface area contributed by atoms with Crippen LogP contribution in [-0.4, -0.2) is 14.2 Å². The second-order valence-electron chi connectivity index (χ2n) is 2.59. The van der Waals surface area contributed by atoms with E-state index in [1.165, 1.54) is 14.2 Å². The molecule has 78 valence electrons. The van der Waals surface area contributed by atoms with Crippen LogP contribution in [0.15, 0.2) is 16.6 Å². The second kappa shape index (κ2) is 4.82. The molecule has 1 aromatic rings. The van der Waals surface area contributed by atoms with E-state index in [1.807, 2.05) is 0 Å². The summed E-state index contributed by atoms with van der Waals surface area (Å²) in [6.45, 7) is 0. The molecule has 0 bridgehead atoms. The van der Waals surface area contributed by atoms with Crippen LogP contribution in [0.1, 0.15) is 11.9 Å². The van der Waals surface area contributed by atoms with Gasteiger partial charge in [0.2, 0.25) is 0 Å². The van der Waals surface area contributed by atoms with Crippen LogP contribution < -0.4 is 0 Å². The van der Waals surface area contributed by atoms with E-state index < -0.39 is 17.9 Å². The summed E-state index contributed by atoms with van der Waals surface area (Å²) in [5, 5.41) is 0. The lowest BCUT2D eigenvalue weighted by molar-refractivity contribution is -0.108. The highest BCUT2D eigenvalue weighted by Crippen LogP contribution is 2.26.